The van der Waals surface area contributed by atoms with E-state index in [1.807, 2.05) is 24.3 Å². The van der Waals surface area contributed by atoms with Crippen molar-refractivity contribution < 1.29 is 24.2 Å². The zero-order valence-corrected chi connectivity index (χ0v) is 19.7. The van der Waals surface area contributed by atoms with Crippen LogP contribution in [0, 0.1) is 11.3 Å². The van der Waals surface area contributed by atoms with E-state index in [0.29, 0.717) is 19.4 Å². The van der Waals surface area contributed by atoms with Gasteiger partial charge >= 0.3 is 12.1 Å². The molecule has 7 heteroatoms. The van der Waals surface area contributed by atoms with E-state index in [2.05, 4.69) is 34.9 Å². The van der Waals surface area contributed by atoms with Crippen LogP contribution in [0.2, 0.25) is 0 Å². The lowest BCUT2D eigenvalue weighted by atomic mass is 9.78. The molecule has 0 aliphatic heterocycles. The summed E-state index contributed by atoms with van der Waals surface area (Å²) in [5, 5.41) is 14.8. The molecule has 0 spiro atoms. The van der Waals surface area contributed by atoms with Gasteiger partial charge in [-0.2, -0.15) is 0 Å². The summed E-state index contributed by atoms with van der Waals surface area (Å²) < 4.78 is 5.59. The number of nitrogens with one attached hydrogen (secondary N) is 2. The van der Waals surface area contributed by atoms with Crippen LogP contribution in [0.5, 0.6) is 0 Å². The van der Waals surface area contributed by atoms with Crippen LogP contribution in [0.1, 0.15) is 56.6 Å². The molecule has 0 aromatic heterocycles. The summed E-state index contributed by atoms with van der Waals surface area (Å²) in [6, 6.07) is 16.5. The van der Waals surface area contributed by atoms with Crippen LogP contribution in [0.25, 0.3) is 11.1 Å². The fourth-order valence-corrected chi connectivity index (χ4v) is 4.78. The molecular weight excluding hydrogens is 432 g/mol. The summed E-state index contributed by atoms with van der Waals surface area (Å²) in [5.74, 6) is -0.706. The van der Waals surface area contributed by atoms with E-state index in [4.69, 9.17) is 9.84 Å². The van der Waals surface area contributed by atoms with Crippen LogP contribution in [-0.2, 0) is 14.3 Å². The smallest absolute Gasteiger partial charge is 0.407 e. The van der Waals surface area contributed by atoms with E-state index in [-0.39, 0.29) is 30.4 Å². The number of hydrogen-bond donors (Lipinski definition) is 3. The van der Waals surface area contributed by atoms with E-state index in [0.717, 1.165) is 12.8 Å². The Morgan fingerprint density at radius 2 is 1.59 bits per heavy atom. The van der Waals surface area contributed by atoms with Gasteiger partial charge in [-0.05, 0) is 61.3 Å². The third-order valence-electron chi connectivity index (χ3n) is 7.03. The SMILES string of the molecule is CC(C)(CCNC(=O)CC1CC(NC(=O)OCC2c3ccccc3-c3ccccc32)C1)C(=O)O. The Morgan fingerprint density at radius 1 is 1.00 bits per heavy atom. The Hall–Kier alpha value is -3.35. The van der Waals surface area contributed by atoms with Gasteiger partial charge in [0.15, 0.2) is 0 Å². The van der Waals surface area contributed by atoms with Gasteiger partial charge in [0.1, 0.15) is 6.61 Å². The molecule has 1 saturated carbocycles. The minimum atomic E-state index is -0.872. The summed E-state index contributed by atoms with van der Waals surface area (Å²) in [5.41, 5.74) is 3.88. The van der Waals surface area contributed by atoms with Crippen LogP contribution in [0.15, 0.2) is 48.5 Å². The molecule has 4 rings (SSSR count). The first-order valence-electron chi connectivity index (χ1n) is 11.9. The summed E-state index contributed by atoms with van der Waals surface area (Å²) in [6.07, 6.45) is 1.81. The molecule has 0 bridgehead atoms. The first-order valence-corrected chi connectivity index (χ1v) is 11.9. The molecule has 2 aromatic rings. The Morgan fingerprint density at radius 3 is 2.18 bits per heavy atom. The lowest BCUT2D eigenvalue weighted by molar-refractivity contribution is -0.147. The summed E-state index contributed by atoms with van der Waals surface area (Å²) in [6.45, 7) is 3.91. The fraction of sp³-hybridized carbons (Fsp3) is 0.444. The number of ether oxygens (including phenoxy) is 1. The van der Waals surface area contributed by atoms with Crippen LogP contribution < -0.4 is 10.6 Å². The Balaban J connectivity index is 1.17. The molecule has 2 aliphatic carbocycles. The number of rotatable bonds is 9. The van der Waals surface area contributed by atoms with Gasteiger partial charge in [0.25, 0.3) is 0 Å². The predicted octanol–water partition coefficient (Wildman–Crippen LogP) is 4.31. The first kappa shape index (κ1) is 23.8. The third kappa shape index (κ3) is 5.24. The second kappa shape index (κ2) is 9.87. The lowest BCUT2D eigenvalue weighted by Crippen LogP contribution is -2.46. The maximum absolute atomic E-state index is 12.4. The van der Waals surface area contributed by atoms with Crippen molar-refractivity contribution in [1.82, 2.24) is 10.6 Å². The number of carboxylic acids is 1. The lowest BCUT2D eigenvalue weighted by Gasteiger charge is -2.35. The number of carbonyl (C=O) groups excluding carboxylic acids is 2. The predicted molar refractivity (Wildman–Crippen MR) is 128 cm³/mol. The molecular formula is C27H32N2O5. The monoisotopic (exact) mass is 464 g/mol. The second-order valence-electron chi connectivity index (χ2n) is 10.00. The number of alkyl carbamates (subject to hydrolysis) is 1. The van der Waals surface area contributed by atoms with Crippen LogP contribution in [0.4, 0.5) is 4.79 Å². The van der Waals surface area contributed by atoms with Crippen molar-refractivity contribution >= 4 is 18.0 Å². The Bertz CT molecular complexity index is 1030. The maximum Gasteiger partial charge on any atom is 0.407 e. The molecule has 180 valence electrons. The minimum Gasteiger partial charge on any atom is -0.481 e. The minimum absolute atomic E-state index is 0.0133. The zero-order chi connectivity index (χ0) is 24.3. The molecule has 2 amide bonds. The van der Waals surface area contributed by atoms with Crippen LogP contribution >= 0.6 is 0 Å². The number of carboxylic acid groups (broad SMARTS) is 1. The summed E-state index contributed by atoms with van der Waals surface area (Å²) in [7, 11) is 0. The number of benzene rings is 2. The second-order valence-corrected chi connectivity index (χ2v) is 10.00. The van der Waals surface area contributed by atoms with E-state index in [1.165, 1.54) is 22.3 Å². The molecule has 0 saturated heterocycles. The molecule has 2 aliphatic rings. The van der Waals surface area contributed by atoms with Crippen molar-refractivity contribution in [3.05, 3.63) is 59.7 Å². The number of amides is 2. The molecule has 2 aromatic carbocycles. The molecule has 7 nitrogen and oxygen atoms in total. The van der Waals surface area contributed by atoms with Crippen molar-refractivity contribution in [2.75, 3.05) is 13.2 Å². The summed E-state index contributed by atoms with van der Waals surface area (Å²) in [4.78, 5) is 35.6. The Kier molecular flexibility index (Phi) is 6.91. The van der Waals surface area contributed by atoms with Gasteiger partial charge in [-0.1, -0.05) is 48.5 Å². The van der Waals surface area contributed by atoms with Crippen LogP contribution in [0.3, 0.4) is 0 Å². The van der Waals surface area contributed by atoms with E-state index in [1.54, 1.807) is 13.8 Å². The standard InChI is InChI=1S/C27H32N2O5/c1-27(2,25(31)32)11-12-28-24(30)15-17-13-18(14-17)29-26(33)34-16-23-21-9-5-3-7-19(21)20-8-4-6-10-22(20)23/h3-10,17-18,23H,11-16H2,1-2H3,(H,28,30)(H,29,33)(H,31,32). The highest BCUT2D eigenvalue weighted by Gasteiger charge is 2.33. The highest BCUT2D eigenvalue weighted by molar-refractivity contribution is 5.79. The Labute approximate surface area is 199 Å². The van der Waals surface area contributed by atoms with Crippen LogP contribution in [-0.4, -0.2) is 42.3 Å². The maximum atomic E-state index is 12.4. The van der Waals surface area contributed by atoms with E-state index >= 15 is 0 Å². The van der Waals surface area contributed by atoms with Crippen molar-refractivity contribution in [1.29, 1.82) is 0 Å². The zero-order valence-electron chi connectivity index (χ0n) is 19.7. The van der Waals surface area contributed by atoms with Gasteiger partial charge in [0, 0.05) is 24.9 Å². The van der Waals surface area contributed by atoms with Gasteiger partial charge in [0.2, 0.25) is 5.91 Å². The third-order valence-corrected chi connectivity index (χ3v) is 7.03. The van der Waals surface area contributed by atoms with E-state index in [9.17, 15) is 14.4 Å². The molecule has 0 heterocycles. The molecule has 3 N–H and O–H groups in total. The van der Waals surface area contributed by atoms with Crippen molar-refractivity contribution in [2.45, 2.75) is 51.5 Å². The van der Waals surface area contributed by atoms with Gasteiger partial charge in [-0.25, -0.2) is 4.79 Å². The molecule has 0 radical (unpaired) electrons. The summed E-state index contributed by atoms with van der Waals surface area (Å²) >= 11 is 0. The van der Waals surface area contributed by atoms with Crippen molar-refractivity contribution in [3.63, 3.8) is 0 Å². The van der Waals surface area contributed by atoms with Gasteiger partial charge in [0.05, 0.1) is 5.41 Å². The highest BCUT2D eigenvalue weighted by Crippen LogP contribution is 2.44. The normalized spacial score (nSPS) is 18.9. The van der Waals surface area contributed by atoms with Gasteiger partial charge in [-0.3, -0.25) is 9.59 Å². The molecule has 34 heavy (non-hydrogen) atoms. The number of fused-ring (bicyclic) bond motifs is 3. The highest BCUT2D eigenvalue weighted by atomic mass is 16.5. The topological polar surface area (TPSA) is 105 Å². The van der Waals surface area contributed by atoms with Crippen molar-refractivity contribution in [3.8, 4) is 11.1 Å². The van der Waals surface area contributed by atoms with Gasteiger partial charge < -0.3 is 20.5 Å². The first-order chi connectivity index (χ1) is 16.2. The number of aliphatic carboxylic acids is 1. The van der Waals surface area contributed by atoms with Gasteiger partial charge in [-0.15, -0.1) is 0 Å². The number of hydrogen-bond acceptors (Lipinski definition) is 4. The fourth-order valence-electron chi connectivity index (χ4n) is 4.78. The molecule has 0 unspecified atom stereocenters. The average Bonchev–Trinajstić information content (AvgIpc) is 3.10. The average molecular weight is 465 g/mol. The number of carbonyl (C=O) groups is 3. The quantitative estimate of drug-likeness (QED) is 0.513. The largest absolute Gasteiger partial charge is 0.481 e. The molecule has 0 atom stereocenters. The van der Waals surface area contributed by atoms with E-state index < -0.39 is 17.5 Å². The van der Waals surface area contributed by atoms with Crippen molar-refractivity contribution in [2.24, 2.45) is 11.3 Å². The molecule has 1 fully saturated rings.